The number of pyridine rings is 2. The molecule has 5 aromatic rings. The summed E-state index contributed by atoms with van der Waals surface area (Å²) in [5.74, 6) is 0.715. The lowest BCUT2D eigenvalue weighted by Gasteiger charge is -2.19. The van der Waals surface area contributed by atoms with E-state index in [0.29, 0.717) is 45.3 Å². The monoisotopic (exact) mass is 480 g/mol. The van der Waals surface area contributed by atoms with E-state index in [1.807, 2.05) is 32.0 Å². The first-order chi connectivity index (χ1) is 17.4. The molecule has 4 aromatic heterocycles. The molecule has 6 rings (SSSR count). The molecular formula is C26H21FN8O. The number of hydrogen-bond donors (Lipinski definition) is 2. The maximum Gasteiger partial charge on any atom is 0.235 e. The van der Waals surface area contributed by atoms with Gasteiger partial charge in [0.1, 0.15) is 23.1 Å². The molecule has 0 spiro atoms. The van der Waals surface area contributed by atoms with E-state index in [9.17, 15) is 9.18 Å². The standard InChI is InChI=1S/C26H21FN8O/c1-26(2)19-21(30-16-8-5-11-28-13-16)31-23(32-22(19)33-25(26)36)20-17-9-6-12-29-24(17)35(34-20)14-15-7-3-4-10-18(15)27/h3-13H,14H2,1-2H3,(H2,30,31,32,33,36). The van der Waals surface area contributed by atoms with E-state index in [1.165, 1.54) is 6.07 Å². The van der Waals surface area contributed by atoms with Crippen LogP contribution in [-0.2, 0) is 16.8 Å². The normalized spacial score (nSPS) is 14.0. The number of rotatable bonds is 5. The number of carbonyl (C=O) groups is 1. The first kappa shape index (κ1) is 21.8. The summed E-state index contributed by atoms with van der Waals surface area (Å²) in [7, 11) is 0. The van der Waals surface area contributed by atoms with Crippen LogP contribution in [0.2, 0.25) is 0 Å². The highest BCUT2D eigenvalue weighted by atomic mass is 19.1. The Balaban J connectivity index is 1.52. The number of aromatic nitrogens is 6. The van der Waals surface area contributed by atoms with Crippen LogP contribution in [0.15, 0.2) is 67.1 Å². The van der Waals surface area contributed by atoms with Crippen molar-refractivity contribution < 1.29 is 9.18 Å². The molecule has 0 aliphatic carbocycles. The van der Waals surface area contributed by atoms with Crippen LogP contribution in [0.1, 0.15) is 25.0 Å². The maximum atomic E-state index is 14.4. The third-order valence-corrected chi connectivity index (χ3v) is 6.25. The molecule has 0 bridgehead atoms. The van der Waals surface area contributed by atoms with Crippen molar-refractivity contribution in [3.8, 4) is 11.5 Å². The van der Waals surface area contributed by atoms with Crippen molar-refractivity contribution >= 4 is 34.3 Å². The van der Waals surface area contributed by atoms with E-state index >= 15 is 0 Å². The second-order valence-electron chi connectivity index (χ2n) is 9.04. The Morgan fingerprint density at radius 3 is 2.69 bits per heavy atom. The van der Waals surface area contributed by atoms with Crippen LogP contribution >= 0.6 is 0 Å². The second kappa shape index (κ2) is 8.19. The van der Waals surface area contributed by atoms with Gasteiger partial charge in [-0.15, -0.1) is 0 Å². The van der Waals surface area contributed by atoms with Gasteiger partial charge >= 0.3 is 0 Å². The van der Waals surface area contributed by atoms with Gasteiger partial charge in [-0.25, -0.2) is 24.0 Å². The Morgan fingerprint density at radius 1 is 1.06 bits per heavy atom. The summed E-state index contributed by atoms with van der Waals surface area (Å²) in [5.41, 5.74) is 2.08. The minimum absolute atomic E-state index is 0.171. The van der Waals surface area contributed by atoms with Crippen molar-refractivity contribution in [3.63, 3.8) is 0 Å². The van der Waals surface area contributed by atoms with Crippen LogP contribution in [-0.4, -0.2) is 35.6 Å². The highest BCUT2D eigenvalue weighted by molar-refractivity contribution is 6.07. The number of nitrogens with zero attached hydrogens (tertiary/aromatic N) is 6. The Hall–Kier alpha value is -4.73. The van der Waals surface area contributed by atoms with E-state index in [2.05, 4.69) is 25.6 Å². The van der Waals surface area contributed by atoms with Crippen molar-refractivity contribution in [2.45, 2.75) is 25.8 Å². The van der Waals surface area contributed by atoms with Crippen molar-refractivity contribution in [1.29, 1.82) is 0 Å². The van der Waals surface area contributed by atoms with Crippen LogP contribution in [0.4, 0.5) is 21.7 Å². The van der Waals surface area contributed by atoms with Gasteiger partial charge in [0, 0.05) is 18.0 Å². The van der Waals surface area contributed by atoms with Crippen LogP contribution < -0.4 is 10.6 Å². The summed E-state index contributed by atoms with van der Waals surface area (Å²) in [6.07, 6.45) is 5.01. The molecule has 0 saturated carbocycles. The van der Waals surface area contributed by atoms with Gasteiger partial charge in [-0.3, -0.25) is 9.78 Å². The molecule has 0 saturated heterocycles. The Labute approximate surface area is 205 Å². The molecule has 9 nitrogen and oxygen atoms in total. The summed E-state index contributed by atoms with van der Waals surface area (Å²) in [4.78, 5) is 30.9. The lowest BCUT2D eigenvalue weighted by molar-refractivity contribution is -0.119. The molecular weight excluding hydrogens is 459 g/mol. The lowest BCUT2D eigenvalue weighted by atomic mass is 9.87. The van der Waals surface area contributed by atoms with Gasteiger partial charge in [0.05, 0.1) is 34.8 Å². The molecule has 2 N–H and O–H groups in total. The van der Waals surface area contributed by atoms with Gasteiger partial charge in [-0.05, 0) is 44.2 Å². The van der Waals surface area contributed by atoms with Crippen LogP contribution in [0, 0.1) is 5.82 Å². The number of carbonyl (C=O) groups excluding carboxylic acids is 1. The molecule has 0 fully saturated rings. The molecule has 0 unspecified atom stereocenters. The summed E-state index contributed by atoms with van der Waals surface area (Å²) < 4.78 is 16.0. The lowest BCUT2D eigenvalue weighted by Crippen LogP contribution is -2.27. The van der Waals surface area contributed by atoms with Gasteiger partial charge < -0.3 is 10.6 Å². The van der Waals surface area contributed by atoms with E-state index in [1.54, 1.807) is 47.5 Å². The van der Waals surface area contributed by atoms with Crippen molar-refractivity contribution in [2.24, 2.45) is 0 Å². The molecule has 0 atom stereocenters. The molecule has 36 heavy (non-hydrogen) atoms. The first-order valence-electron chi connectivity index (χ1n) is 11.4. The Bertz CT molecular complexity index is 1630. The third-order valence-electron chi connectivity index (χ3n) is 6.25. The fourth-order valence-corrected chi connectivity index (χ4v) is 4.36. The molecule has 1 aromatic carbocycles. The third kappa shape index (κ3) is 3.54. The number of benzene rings is 1. The van der Waals surface area contributed by atoms with Gasteiger partial charge in [0.25, 0.3) is 0 Å². The second-order valence-corrected chi connectivity index (χ2v) is 9.04. The molecule has 10 heteroatoms. The van der Waals surface area contributed by atoms with E-state index in [4.69, 9.17) is 10.1 Å². The average Bonchev–Trinajstić information content (AvgIpc) is 3.35. The number of halogens is 1. The van der Waals surface area contributed by atoms with E-state index < -0.39 is 5.41 Å². The van der Waals surface area contributed by atoms with Crippen molar-refractivity contribution in [3.05, 3.63) is 84.1 Å². The van der Waals surface area contributed by atoms with Crippen molar-refractivity contribution in [2.75, 3.05) is 10.6 Å². The summed E-state index contributed by atoms with van der Waals surface area (Å²) >= 11 is 0. The number of nitrogens with one attached hydrogen (secondary N) is 2. The van der Waals surface area contributed by atoms with E-state index in [0.717, 1.165) is 5.69 Å². The quantitative estimate of drug-likeness (QED) is 0.383. The van der Waals surface area contributed by atoms with E-state index in [-0.39, 0.29) is 18.3 Å². The number of amides is 1. The summed E-state index contributed by atoms with van der Waals surface area (Å²) in [6.45, 7) is 3.85. The van der Waals surface area contributed by atoms with Crippen LogP contribution in [0.25, 0.3) is 22.6 Å². The van der Waals surface area contributed by atoms with Crippen LogP contribution in [0.5, 0.6) is 0 Å². The highest BCUT2D eigenvalue weighted by Gasteiger charge is 2.43. The Morgan fingerprint density at radius 2 is 1.89 bits per heavy atom. The Kier molecular flexibility index (Phi) is 4.96. The summed E-state index contributed by atoms with van der Waals surface area (Å²) in [5, 5.41) is 11.6. The maximum absolute atomic E-state index is 14.4. The molecule has 0 radical (unpaired) electrons. The van der Waals surface area contributed by atoms with Gasteiger partial charge in [0.15, 0.2) is 11.5 Å². The largest absolute Gasteiger partial charge is 0.339 e. The SMILES string of the molecule is CC1(C)C(=O)Nc2nc(-c3nn(Cc4ccccc4F)c4ncccc34)nc(Nc3cccnc3)c21. The van der Waals surface area contributed by atoms with Crippen molar-refractivity contribution in [1.82, 2.24) is 29.7 Å². The average molecular weight is 481 g/mol. The molecule has 1 amide bonds. The topological polar surface area (TPSA) is 111 Å². The number of anilines is 3. The smallest absolute Gasteiger partial charge is 0.235 e. The predicted molar refractivity (Wildman–Crippen MR) is 133 cm³/mol. The molecule has 1 aliphatic rings. The van der Waals surface area contributed by atoms with Crippen LogP contribution in [0.3, 0.4) is 0 Å². The molecule has 1 aliphatic heterocycles. The van der Waals surface area contributed by atoms with Gasteiger partial charge in [0.2, 0.25) is 5.91 Å². The number of fused-ring (bicyclic) bond motifs is 2. The minimum atomic E-state index is -0.841. The van der Waals surface area contributed by atoms with Gasteiger partial charge in [-0.1, -0.05) is 18.2 Å². The highest BCUT2D eigenvalue weighted by Crippen LogP contribution is 2.42. The fraction of sp³-hybridized carbons (Fsp3) is 0.154. The zero-order chi connectivity index (χ0) is 24.9. The molecule has 5 heterocycles. The zero-order valence-electron chi connectivity index (χ0n) is 19.5. The first-order valence-corrected chi connectivity index (χ1v) is 11.4. The predicted octanol–water partition coefficient (Wildman–Crippen LogP) is 4.44. The number of hydrogen-bond acceptors (Lipinski definition) is 7. The fourth-order valence-electron chi connectivity index (χ4n) is 4.36. The zero-order valence-corrected chi connectivity index (χ0v) is 19.5. The summed E-state index contributed by atoms with van der Waals surface area (Å²) in [6, 6.07) is 13.9. The molecule has 178 valence electrons. The van der Waals surface area contributed by atoms with Gasteiger partial charge in [-0.2, -0.15) is 5.10 Å². The minimum Gasteiger partial charge on any atom is -0.339 e.